The fourth-order valence-electron chi connectivity index (χ4n) is 2.05. The monoisotopic (exact) mass is 274 g/mol. The minimum Gasteiger partial charge on any atom is -0.481 e. The summed E-state index contributed by atoms with van der Waals surface area (Å²) >= 11 is 1.90. The number of nitrogens with one attached hydrogen (secondary N) is 1. The molecule has 6 heteroatoms. The highest BCUT2D eigenvalue weighted by Crippen LogP contribution is 2.21. The number of hydrogen-bond acceptors (Lipinski definition) is 3. The van der Waals surface area contributed by atoms with Crippen LogP contribution in [0, 0.1) is 0 Å². The lowest BCUT2D eigenvalue weighted by atomic mass is 10.2. The van der Waals surface area contributed by atoms with Crippen LogP contribution in [0.15, 0.2) is 0 Å². The first-order valence-corrected chi connectivity index (χ1v) is 7.54. The molecule has 0 bridgehead atoms. The molecule has 0 saturated carbocycles. The molecular formula is C12H22N2O3S. The van der Waals surface area contributed by atoms with E-state index in [1.54, 1.807) is 0 Å². The summed E-state index contributed by atoms with van der Waals surface area (Å²) in [6.07, 6.45) is 3.34. The highest BCUT2D eigenvalue weighted by Gasteiger charge is 2.21. The van der Waals surface area contributed by atoms with Gasteiger partial charge in [-0.25, -0.2) is 4.79 Å². The summed E-state index contributed by atoms with van der Waals surface area (Å²) in [5.41, 5.74) is 0. The number of hydrogen-bond donors (Lipinski definition) is 2. The van der Waals surface area contributed by atoms with Gasteiger partial charge in [-0.3, -0.25) is 4.79 Å². The van der Waals surface area contributed by atoms with Crippen molar-refractivity contribution in [2.75, 3.05) is 25.4 Å². The number of carbonyl (C=O) groups excluding carboxylic acids is 1. The Morgan fingerprint density at radius 1 is 1.44 bits per heavy atom. The van der Waals surface area contributed by atoms with Crippen molar-refractivity contribution < 1.29 is 14.7 Å². The first kappa shape index (κ1) is 15.1. The maximum absolute atomic E-state index is 11.9. The average molecular weight is 274 g/mol. The Hall–Kier alpha value is -0.910. The number of aliphatic carboxylic acids is 1. The number of nitrogens with zero attached hydrogens (tertiary/aromatic N) is 1. The van der Waals surface area contributed by atoms with Crippen molar-refractivity contribution in [3.05, 3.63) is 0 Å². The number of thioether (sulfide) groups is 1. The first-order chi connectivity index (χ1) is 8.63. The third-order valence-corrected chi connectivity index (χ3v) is 4.12. The Morgan fingerprint density at radius 3 is 2.89 bits per heavy atom. The van der Waals surface area contributed by atoms with Crippen LogP contribution in [-0.4, -0.2) is 52.6 Å². The minimum atomic E-state index is -0.884. The van der Waals surface area contributed by atoms with E-state index in [4.69, 9.17) is 5.11 Å². The first-order valence-electron chi connectivity index (χ1n) is 6.49. The van der Waals surface area contributed by atoms with Gasteiger partial charge in [0.1, 0.15) is 0 Å². The van der Waals surface area contributed by atoms with Gasteiger partial charge in [0.05, 0.1) is 6.42 Å². The number of likely N-dealkylation sites (tertiary alicyclic amines) is 1. The number of urea groups is 1. The van der Waals surface area contributed by atoms with Crippen molar-refractivity contribution in [1.29, 1.82) is 0 Å². The molecule has 1 aliphatic rings. The summed E-state index contributed by atoms with van der Waals surface area (Å²) in [5.74, 6) is 0.185. The summed E-state index contributed by atoms with van der Waals surface area (Å²) in [7, 11) is 0. The standard InChI is InChI=1S/C12H22N2O3S/c1-2-18-10-5-3-4-8-14(9-10)12(17)13-7-6-11(15)16/h10H,2-9H2,1H3,(H,13,17)(H,15,16). The molecule has 0 aromatic heterocycles. The second-order valence-electron chi connectivity index (χ2n) is 4.39. The normalized spacial score (nSPS) is 20.3. The summed E-state index contributed by atoms with van der Waals surface area (Å²) in [6, 6.07) is -0.125. The van der Waals surface area contributed by atoms with Crippen molar-refractivity contribution in [3.8, 4) is 0 Å². The van der Waals surface area contributed by atoms with Crippen LogP contribution in [0.3, 0.4) is 0 Å². The van der Waals surface area contributed by atoms with Crippen molar-refractivity contribution in [2.45, 2.75) is 37.9 Å². The van der Waals surface area contributed by atoms with E-state index in [9.17, 15) is 9.59 Å². The lowest BCUT2D eigenvalue weighted by Crippen LogP contribution is -2.43. The molecule has 1 rings (SSSR count). The molecule has 5 nitrogen and oxygen atoms in total. The summed E-state index contributed by atoms with van der Waals surface area (Å²) < 4.78 is 0. The molecule has 0 radical (unpaired) electrons. The van der Waals surface area contributed by atoms with Gasteiger partial charge in [-0.2, -0.15) is 11.8 Å². The lowest BCUT2D eigenvalue weighted by Gasteiger charge is -2.24. The average Bonchev–Trinajstić information content (AvgIpc) is 2.54. The molecular weight excluding hydrogens is 252 g/mol. The van der Waals surface area contributed by atoms with Crippen molar-refractivity contribution in [1.82, 2.24) is 10.2 Å². The molecule has 1 atom stereocenters. The predicted molar refractivity (Wildman–Crippen MR) is 73.0 cm³/mol. The Kier molecular flexibility index (Phi) is 6.93. The van der Waals surface area contributed by atoms with E-state index in [0.29, 0.717) is 5.25 Å². The molecule has 0 aliphatic carbocycles. The topological polar surface area (TPSA) is 69.6 Å². The van der Waals surface area contributed by atoms with Gasteiger partial charge in [-0.05, 0) is 18.6 Å². The van der Waals surface area contributed by atoms with Crippen LogP contribution in [0.4, 0.5) is 4.79 Å². The minimum absolute atomic E-state index is 0.0211. The van der Waals surface area contributed by atoms with Crippen LogP contribution in [-0.2, 0) is 4.79 Å². The van der Waals surface area contributed by atoms with Gasteiger partial charge in [-0.1, -0.05) is 13.3 Å². The number of amides is 2. The molecule has 2 N–H and O–H groups in total. The van der Waals surface area contributed by atoms with Crippen LogP contribution in [0.5, 0.6) is 0 Å². The fourth-order valence-corrected chi connectivity index (χ4v) is 3.14. The van der Waals surface area contributed by atoms with Crippen LogP contribution < -0.4 is 5.32 Å². The molecule has 0 spiro atoms. The Bertz CT molecular complexity index is 286. The van der Waals surface area contributed by atoms with E-state index in [1.807, 2.05) is 16.7 Å². The van der Waals surface area contributed by atoms with Gasteiger partial charge in [0.2, 0.25) is 0 Å². The Labute approximate surface area is 112 Å². The third-order valence-electron chi connectivity index (χ3n) is 2.93. The second kappa shape index (κ2) is 8.24. The molecule has 1 heterocycles. The van der Waals surface area contributed by atoms with Crippen molar-refractivity contribution >= 4 is 23.8 Å². The van der Waals surface area contributed by atoms with E-state index < -0.39 is 5.97 Å². The quantitative estimate of drug-likeness (QED) is 0.801. The van der Waals surface area contributed by atoms with E-state index >= 15 is 0 Å². The van der Waals surface area contributed by atoms with Gasteiger partial charge < -0.3 is 15.3 Å². The van der Waals surface area contributed by atoms with Crippen molar-refractivity contribution in [2.24, 2.45) is 0 Å². The van der Waals surface area contributed by atoms with Gasteiger partial charge in [0.15, 0.2) is 0 Å². The Morgan fingerprint density at radius 2 is 2.22 bits per heavy atom. The fraction of sp³-hybridized carbons (Fsp3) is 0.833. The zero-order valence-corrected chi connectivity index (χ0v) is 11.7. The number of rotatable bonds is 5. The van der Waals surface area contributed by atoms with Gasteiger partial charge in [0.25, 0.3) is 0 Å². The summed E-state index contributed by atoms with van der Waals surface area (Å²) in [6.45, 7) is 3.89. The molecule has 2 amide bonds. The smallest absolute Gasteiger partial charge is 0.317 e. The number of carboxylic acids is 1. The second-order valence-corrected chi connectivity index (χ2v) is 5.97. The molecule has 104 valence electrons. The highest BCUT2D eigenvalue weighted by molar-refractivity contribution is 7.99. The van der Waals surface area contributed by atoms with Crippen LogP contribution in [0.1, 0.15) is 32.6 Å². The summed E-state index contributed by atoms with van der Waals surface area (Å²) in [5, 5.41) is 11.7. The van der Waals surface area contributed by atoms with E-state index in [-0.39, 0.29) is 19.0 Å². The number of carbonyl (C=O) groups is 2. The van der Waals surface area contributed by atoms with Gasteiger partial charge in [0, 0.05) is 24.9 Å². The summed E-state index contributed by atoms with van der Waals surface area (Å²) in [4.78, 5) is 24.1. The predicted octanol–water partition coefficient (Wildman–Crippen LogP) is 1.78. The molecule has 1 unspecified atom stereocenters. The van der Waals surface area contributed by atoms with E-state index in [0.717, 1.165) is 38.1 Å². The largest absolute Gasteiger partial charge is 0.481 e. The van der Waals surface area contributed by atoms with Gasteiger partial charge >= 0.3 is 12.0 Å². The SMILES string of the molecule is CCSC1CCCCN(C(=O)NCCC(=O)O)C1. The van der Waals surface area contributed by atoms with E-state index in [2.05, 4.69) is 12.2 Å². The maximum atomic E-state index is 11.9. The van der Waals surface area contributed by atoms with E-state index in [1.165, 1.54) is 0 Å². The molecule has 1 saturated heterocycles. The Balaban J connectivity index is 2.37. The highest BCUT2D eigenvalue weighted by atomic mass is 32.2. The zero-order valence-electron chi connectivity index (χ0n) is 10.9. The zero-order chi connectivity index (χ0) is 13.4. The van der Waals surface area contributed by atoms with Crippen molar-refractivity contribution in [3.63, 3.8) is 0 Å². The molecule has 0 aromatic carbocycles. The number of carboxylic acid groups (broad SMARTS) is 1. The molecule has 0 aromatic rings. The molecule has 1 aliphatic heterocycles. The van der Waals surface area contributed by atoms with Gasteiger partial charge in [-0.15, -0.1) is 0 Å². The van der Waals surface area contributed by atoms with Crippen LogP contribution in [0.25, 0.3) is 0 Å². The molecule has 1 fully saturated rings. The third kappa shape index (κ3) is 5.62. The van der Waals surface area contributed by atoms with Crippen LogP contribution >= 0.6 is 11.8 Å². The lowest BCUT2D eigenvalue weighted by molar-refractivity contribution is -0.136. The maximum Gasteiger partial charge on any atom is 0.317 e. The van der Waals surface area contributed by atoms with Crippen LogP contribution in [0.2, 0.25) is 0 Å². The molecule has 18 heavy (non-hydrogen) atoms.